The van der Waals surface area contributed by atoms with Gasteiger partial charge < -0.3 is 0 Å². The van der Waals surface area contributed by atoms with Gasteiger partial charge in [-0.3, -0.25) is 0 Å². The standard InChI is InChI=1S/C13H14S/c1-4-10-11-8-6-7-9(3)13(11)14-12(10)5-2/h4-8H,1-3H3/b10-4-,12-5+. The van der Waals surface area contributed by atoms with Crippen LogP contribution in [0.1, 0.15) is 19.4 Å². The summed E-state index contributed by atoms with van der Waals surface area (Å²) in [5, 5.41) is 2.78. The normalized spacial score (nSPS) is 14.2. The molecular weight excluding hydrogens is 188 g/mol. The van der Waals surface area contributed by atoms with E-state index in [0.29, 0.717) is 0 Å². The monoisotopic (exact) mass is 202 g/mol. The first-order chi connectivity index (χ1) is 6.77. The highest BCUT2D eigenvalue weighted by molar-refractivity contribution is 7.17. The summed E-state index contributed by atoms with van der Waals surface area (Å²) in [6, 6.07) is 6.52. The molecule has 0 saturated heterocycles. The molecule has 2 aromatic rings. The summed E-state index contributed by atoms with van der Waals surface area (Å²) < 4.78 is 2.81. The highest BCUT2D eigenvalue weighted by Crippen LogP contribution is 2.17. The maximum atomic E-state index is 2.21. The van der Waals surface area contributed by atoms with Crippen LogP contribution in [-0.2, 0) is 0 Å². The van der Waals surface area contributed by atoms with Crippen LogP contribution in [0.4, 0.5) is 0 Å². The molecule has 0 amide bonds. The number of benzene rings is 1. The Morgan fingerprint density at radius 1 is 1.14 bits per heavy atom. The van der Waals surface area contributed by atoms with E-state index in [0.717, 1.165) is 0 Å². The Kier molecular flexibility index (Phi) is 2.42. The van der Waals surface area contributed by atoms with Gasteiger partial charge in [0, 0.05) is 14.6 Å². The molecule has 0 saturated carbocycles. The second-order valence-corrected chi connectivity index (χ2v) is 4.46. The van der Waals surface area contributed by atoms with Gasteiger partial charge in [0.2, 0.25) is 0 Å². The van der Waals surface area contributed by atoms with Crippen LogP contribution in [-0.4, -0.2) is 0 Å². The molecule has 1 heteroatoms. The van der Waals surface area contributed by atoms with Crippen molar-refractivity contribution in [2.24, 2.45) is 0 Å². The van der Waals surface area contributed by atoms with Crippen LogP contribution in [0.5, 0.6) is 0 Å². The van der Waals surface area contributed by atoms with Gasteiger partial charge in [0.25, 0.3) is 0 Å². The summed E-state index contributed by atoms with van der Waals surface area (Å²) in [5.74, 6) is 0. The number of aryl methyl sites for hydroxylation is 1. The van der Waals surface area contributed by atoms with E-state index in [1.54, 1.807) is 0 Å². The van der Waals surface area contributed by atoms with Gasteiger partial charge in [-0.15, -0.1) is 11.3 Å². The molecule has 0 aliphatic heterocycles. The molecule has 1 aromatic carbocycles. The number of hydrogen-bond acceptors (Lipinski definition) is 1. The van der Waals surface area contributed by atoms with Crippen molar-refractivity contribution in [1.29, 1.82) is 0 Å². The minimum absolute atomic E-state index is 1.38. The third-order valence-electron chi connectivity index (χ3n) is 2.53. The van der Waals surface area contributed by atoms with E-state index in [4.69, 9.17) is 0 Å². The minimum Gasteiger partial charge on any atom is -0.135 e. The maximum absolute atomic E-state index is 2.21. The highest BCUT2D eigenvalue weighted by atomic mass is 32.1. The molecule has 0 radical (unpaired) electrons. The molecule has 0 nitrogen and oxygen atoms in total. The van der Waals surface area contributed by atoms with Crippen molar-refractivity contribution in [2.75, 3.05) is 0 Å². The number of thiophene rings is 1. The molecule has 0 unspecified atom stereocenters. The molecule has 72 valence electrons. The average molecular weight is 202 g/mol. The van der Waals surface area contributed by atoms with Crippen LogP contribution in [0, 0.1) is 6.92 Å². The van der Waals surface area contributed by atoms with Crippen molar-refractivity contribution in [3.05, 3.63) is 33.5 Å². The van der Waals surface area contributed by atoms with Gasteiger partial charge in [-0.1, -0.05) is 30.4 Å². The Morgan fingerprint density at radius 2 is 1.93 bits per heavy atom. The average Bonchev–Trinajstić information content (AvgIpc) is 2.57. The topological polar surface area (TPSA) is 0 Å². The predicted octanol–water partition coefficient (Wildman–Crippen LogP) is 2.81. The fraction of sp³-hybridized carbons (Fsp3) is 0.231. The van der Waals surface area contributed by atoms with Crippen molar-refractivity contribution in [1.82, 2.24) is 0 Å². The maximum Gasteiger partial charge on any atom is 0.0384 e. The van der Waals surface area contributed by atoms with E-state index in [-0.39, 0.29) is 0 Å². The van der Waals surface area contributed by atoms with Gasteiger partial charge in [-0.25, -0.2) is 0 Å². The molecule has 1 aromatic heterocycles. The Bertz CT molecular complexity index is 573. The Balaban J connectivity index is 3.11. The summed E-state index contributed by atoms with van der Waals surface area (Å²) in [7, 11) is 0. The van der Waals surface area contributed by atoms with Crippen molar-refractivity contribution in [2.45, 2.75) is 20.8 Å². The zero-order valence-corrected chi connectivity index (χ0v) is 9.61. The minimum atomic E-state index is 1.38. The molecule has 0 atom stereocenters. The summed E-state index contributed by atoms with van der Waals surface area (Å²) in [6.45, 7) is 6.39. The highest BCUT2D eigenvalue weighted by Gasteiger charge is 2.01. The molecule has 1 heterocycles. The molecule has 0 fully saturated rings. The van der Waals surface area contributed by atoms with E-state index in [1.165, 1.54) is 25.4 Å². The van der Waals surface area contributed by atoms with Gasteiger partial charge in [-0.05, 0) is 31.6 Å². The molecule has 2 rings (SSSR count). The zero-order chi connectivity index (χ0) is 10.1. The summed E-state index contributed by atoms with van der Waals surface area (Å²) >= 11 is 1.89. The summed E-state index contributed by atoms with van der Waals surface area (Å²) in [6.07, 6.45) is 4.40. The Labute approximate surface area is 88.2 Å². The van der Waals surface area contributed by atoms with Crippen LogP contribution >= 0.6 is 11.3 Å². The molecule has 0 bridgehead atoms. The third-order valence-corrected chi connectivity index (χ3v) is 3.95. The van der Waals surface area contributed by atoms with Crippen molar-refractivity contribution in [3.63, 3.8) is 0 Å². The summed E-state index contributed by atoms with van der Waals surface area (Å²) in [5.41, 5.74) is 1.38. The van der Waals surface area contributed by atoms with Gasteiger partial charge in [-0.2, -0.15) is 0 Å². The predicted molar refractivity (Wildman–Crippen MR) is 66.1 cm³/mol. The van der Waals surface area contributed by atoms with Gasteiger partial charge in [0.05, 0.1) is 0 Å². The lowest BCUT2D eigenvalue weighted by Crippen LogP contribution is -2.17. The van der Waals surface area contributed by atoms with E-state index >= 15 is 0 Å². The fourth-order valence-electron chi connectivity index (χ4n) is 1.81. The third kappa shape index (κ3) is 1.28. The number of fused-ring (bicyclic) bond motifs is 1. The fourth-order valence-corrected chi connectivity index (χ4v) is 3.00. The molecule has 0 aliphatic carbocycles. The number of rotatable bonds is 0. The Morgan fingerprint density at radius 3 is 2.57 bits per heavy atom. The first-order valence-electron chi connectivity index (χ1n) is 4.88. The molecule has 0 N–H and O–H groups in total. The van der Waals surface area contributed by atoms with Crippen LogP contribution < -0.4 is 9.75 Å². The quantitative estimate of drug-likeness (QED) is 0.616. The van der Waals surface area contributed by atoms with E-state index in [9.17, 15) is 0 Å². The summed E-state index contributed by atoms with van der Waals surface area (Å²) in [4.78, 5) is 0. The molecule has 14 heavy (non-hydrogen) atoms. The SMILES string of the molecule is C/C=c1\c(=C/C)sc2c(C)cccc12. The van der Waals surface area contributed by atoms with Gasteiger partial charge in [0.1, 0.15) is 0 Å². The lowest BCUT2D eigenvalue weighted by molar-refractivity contribution is 1.55. The lowest BCUT2D eigenvalue weighted by atomic mass is 10.1. The zero-order valence-electron chi connectivity index (χ0n) is 8.79. The van der Waals surface area contributed by atoms with Crippen molar-refractivity contribution in [3.8, 4) is 0 Å². The second-order valence-electron chi connectivity index (χ2n) is 3.41. The van der Waals surface area contributed by atoms with Crippen molar-refractivity contribution < 1.29 is 0 Å². The first kappa shape index (κ1) is 9.47. The molecular formula is C13H14S. The van der Waals surface area contributed by atoms with Crippen LogP contribution in [0.15, 0.2) is 18.2 Å². The molecule has 0 spiro atoms. The van der Waals surface area contributed by atoms with Crippen LogP contribution in [0.3, 0.4) is 0 Å². The van der Waals surface area contributed by atoms with Crippen molar-refractivity contribution >= 4 is 33.6 Å². The van der Waals surface area contributed by atoms with E-state index in [2.05, 4.69) is 51.1 Å². The van der Waals surface area contributed by atoms with Gasteiger partial charge >= 0.3 is 0 Å². The molecule has 0 aliphatic rings. The van der Waals surface area contributed by atoms with E-state index in [1.807, 2.05) is 11.3 Å². The van der Waals surface area contributed by atoms with Gasteiger partial charge in [0.15, 0.2) is 0 Å². The Hall–Kier alpha value is -1.08. The smallest absolute Gasteiger partial charge is 0.0384 e. The van der Waals surface area contributed by atoms with Crippen LogP contribution in [0.25, 0.3) is 22.2 Å². The lowest BCUT2D eigenvalue weighted by Gasteiger charge is -1.92. The first-order valence-corrected chi connectivity index (χ1v) is 5.70. The number of hydrogen-bond donors (Lipinski definition) is 0. The second kappa shape index (κ2) is 3.58. The van der Waals surface area contributed by atoms with E-state index < -0.39 is 0 Å². The van der Waals surface area contributed by atoms with Crippen LogP contribution in [0.2, 0.25) is 0 Å². The largest absolute Gasteiger partial charge is 0.135 e.